The van der Waals surface area contributed by atoms with Crippen molar-refractivity contribution < 1.29 is 14.3 Å². The van der Waals surface area contributed by atoms with Gasteiger partial charge in [-0.05, 0) is 32.8 Å². The Morgan fingerprint density at radius 2 is 2.14 bits per heavy atom. The highest BCUT2D eigenvalue weighted by molar-refractivity contribution is 5.68. The van der Waals surface area contributed by atoms with E-state index in [1.54, 1.807) is 13.3 Å². The average Bonchev–Trinajstić information content (AvgIpc) is 3.12. The monoisotopic (exact) mass is 293 g/mol. The molecule has 6 heteroatoms. The van der Waals surface area contributed by atoms with E-state index in [1.165, 1.54) is 0 Å². The van der Waals surface area contributed by atoms with Crippen LogP contribution in [-0.2, 0) is 11.3 Å². The summed E-state index contributed by atoms with van der Waals surface area (Å²) in [5.41, 5.74) is 0.621. The molecule has 1 amide bonds. The number of carbonyl (C=O) groups is 1. The molecule has 0 aromatic carbocycles. The summed E-state index contributed by atoms with van der Waals surface area (Å²) in [4.78, 5) is 15.8. The zero-order valence-corrected chi connectivity index (χ0v) is 13.0. The van der Waals surface area contributed by atoms with Crippen molar-refractivity contribution in [2.75, 3.05) is 7.11 Å². The predicted octanol–water partition coefficient (Wildman–Crippen LogP) is 1.85. The van der Waals surface area contributed by atoms with Gasteiger partial charge in [-0.25, -0.2) is 9.78 Å². The number of ether oxygens (including phenoxy) is 2. The topological polar surface area (TPSA) is 72.5 Å². The summed E-state index contributed by atoms with van der Waals surface area (Å²) in [6.45, 7) is 6.28. The largest absolute Gasteiger partial charge is 0.481 e. The SMILES string of the molecule is COc1ccc(CNC2CC2NC(=O)OC(C)(C)C)cn1. The standard InChI is InChI=1S/C15H23N3O3/c1-15(2,3)21-14(19)18-12-7-11(12)16-8-10-5-6-13(20-4)17-9-10/h5-6,9,11-12,16H,7-8H2,1-4H3,(H,18,19). The predicted molar refractivity (Wildman–Crippen MR) is 79.2 cm³/mol. The summed E-state index contributed by atoms with van der Waals surface area (Å²) in [6.07, 6.45) is 2.34. The lowest BCUT2D eigenvalue weighted by Gasteiger charge is -2.19. The Balaban J connectivity index is 1.68. The molecule has 2 N–H and O–H groups in total. The van der Waals surface area contributed by atoms with Crippen molar-refractivity contribution in [1.82, 2.24) is 15.6 Å². The third kappa shape index (κ3) is 5.23. The Hall–Kier alpha value is -1.82. The zero-order valence-electron chi connectivity index (χ0n) is 13.0. The van der Waals surface area contributed by atoms with Crippen molar-refractivity contribution in [1.29, 1.82) is 0 Å². The van der Waals surface area contributed by atoms with Gasteiger partial charge in [0.05, 0.1) is 7.11 Å². The molecule has 2 atom stereocenters. The maximum absolute atomic E-state index is 11.6. The van der Waals surface area contributed by atoms with Crippen molar-refractivity contribution in [2.45, 2.75) is 51.4 Å². The number of alkyl carbamates (subject to hydrolysis) is 1. The van der Waals surface area contributed by atoms with Gasteiger partial charge in [0.2, 0.25) is 5.88 Å². The molecule has 0 bridgehead atoms. The first-order valence-electron chi connectivity index (χ1n) is 7.09. The normalized spacial score (nSPS) is 20.8. The number of pyridine rings is 1. The van der Waals surface area contributed by atoms with Gasteiger partial charge in [-0.1, -0.05) is 6.07 Å². The van der Waals surface area contributed by atoms with E-state index in [-0.39, 0.29) is 12.1 Å². The summed E-state index contributed by atoms with van der Waals surface area (Å²) in [5.74, 6) is 0.606. The van der Waals surface area contributed by atoms with Gasteiger partial charge in [0.15, 0.2) is 0 Å². The van der Waals surface area contributed by atoms with Crippen molar-refractivity contribution >= 4 is 6.09 Å². The molecule has 0 spiro atoms. The highest BCUT2D eigenvalue weighted by Gasteiger charge is 2.38. The quantitative estimate of drug-likeness (QED) is 0.866. The second-order valence-electron chi connectivity index (χ2n) is 6.18. The van der Waals surface area contributed by atoms with Crippen molar-refractivity contribution in [2.24, 2.45) is 0 Å². The summed E-state index contributed by atoms with van der Waals surface area (Å²) < 4.78 is 10.2. The number of methoxy groups -OCH3 is 1. The fourth-order valence-electron chi connectivity index (χ4n) is 1.92. The molecule has 1 fully saturated rings. The van der Waals surface area contributed by atoms with E-state index < -0.39 is 5.60 Å². The first kappa shape index (κ1) is 15.6. The maximum Gasteiger partial charge on any atom is 0.407 e. The van der Waals surface area contributed by atoms with Crippen molar-refractivity contribution in [3.05, 3.63) is 23.9 Å². The zero-order chi connectivity index (χ0) is 15.5. The molecular formula is C15H23N3O3. The number of hydrogen-bond donors (Lipinski definition) is 2. The van der Waals surface area contributed by atoms with E-state index in [0.717, 1.165) is 12.0 Å². The van der Waals surface area contributed by atoms with Crippen LogP contribution in [0.3, 0.4) is 0 Å². The van der Waals surface area contributed by atoms with Gasteiger partial charge in [0, 0.05) is 30.9 Å². The summed E-state index contributed by atoms with van der Waals surface area (Å²) in [7, 11) is 1.59. The van der Waals surface area contributed by atoms with Crippen LogP contribution in [0.15, 0.2) is 18.3 Å². The molecule has 0 radical (unpaired) electrons. The minimum absolute atomic E-state index is 0.144. The number of amides is 1. The van der Waals surface area contributed by atoms with Crippen LogP contribution in [0.4, 0.5) is 4.79 Å². The number of rotatable bonds is 5. The summed E-state index contributed by atoms with van der Waals surface area (Å²) in [6, 6.07) is 4.24. The van der Waals surface area contributed by atoms with Gasteiger partial charge in [-0.15, -0.1) is 0 Å². The lowest BCUT2D eigenvalue weighted by molar-refractivity contribution is 0.0522. The first-order chi connectivity index (χ1) is 9.87. The maximum atomic E-state index is 11.6. The van der Waals surface area contributed by atoms with Crippen LogP contribution in [0.2, 0.25) is 0 Å². The molecule has 0 saturated heterocycles. The second-order valence-corrected chi connectivity index (χ2v) is 6.18. The lowest BCUT2D eigenvalue weighted by Crippen LogP contribution is -2.36. The van der Waals surface area contributed by atoms with E-state index in [0.29, 0.717) is 18.5 Å². The van der Waals surface area contributed by atoms with Crippen LogP contribution >= 0.6 is 0 Å². The van der Waals surface area contributed by atoms with Crippen molar-refractivity contribution in [3.8, 4) is 5.88 Å². The fraction of sp³-hybridized carbons (Fsp3) is 0.600. The number of aromatic nitrogens is 1. The minimum atomic E-state index is -0.462. The van der Waals surface area contributed by atoms with Gasteiger partial charge >= 0.3 is 6.09 Å². The Morgan fingerprint density at radius 1 is 1.38 bits per heavy atom. The van der Waals surface area contributed by atoms with Crippen LogP contribution in [-0.4, -0.2) is 35.9 Å². The molecule has 1 aliphatic rings. The molecule has 0 aliphatic heterocycles. The molecule has 1 aliphatic carbocycles. The lowest BCUT2D eigenvalue weighted by atomic mass is 10.2. The number of hydrogen-bond acceptors (Lipinski definition) is 5. The van der Waals surface area contributed by atoms with Gasteiger partial charge in [0.25, 0.3) is 0 Å². The van der Waals surface area contributed by atoms with Crippen LogP contribution in [0.25, 0.3) is 0 Å². The highest BCUT2D eigenvalue weighted by Crippen LogP contribution is 2.22. The number of nitrogens with one attached hydrogen (secondary N) is 2. The van der Waals surface area contributed by atoms with E-state index in [4.69, 9.17) is 9.47 Å². The van der Waals surface area contributed by atoms with Gasteiger partial charge in [-0.3, -0.25) is 0 Å². The first-order valence-corrected chi connectivity index (χ1v) is 7.09. The van der Waals surface area contributed by atoms with Crippen LogP contribution in [0.1, 0.15) is 32.8 Å². The smallest absolute Gasteiger partial charge is 0.407 e. The third-order valence-electron chi connectivity index (χ3n) is 3.07. The van der Waals surface area contributed by atoms with Gasteiger partial charge in [-0.2, -0.15) is 0 Å². The van der Waals surface area contributed by atoms with Gasteiger partial charge in [0.1, 0.15) is 5.60 Å². The van der Waals surface area contributed by atoms with Crippen LogP contribution in [0.5, 0.6) is 5.88 Å². The van der Waals surface area contributed by atoms with Crippen molar-refractivity contribution in [3.63, 3.8) is 0 Å². The molecule has 1 heterocycles. The molecule has 2 rings (SSSR count). The highest BCUT2D eigenvalue weighted by atomic mass is 16.6. The average molecular weight is 293 g/mol. The molecule has 116 valence electrons. The molecular weight excluding hydrogens is 270 g/mol. The molecule has 21 heavy (non-hydrogen) atoms. The summed E-state index contributed by atoms with van der Waals surface area (Å²) in [5, 5.41) is 6.23. The molecule has 6 nitrogen and oxygen atoms in total. The summed E-state index contributed by atoms with van der Waals surface area (Å²) >= 11 is 0. The molecule has 1 aromatic heterocycles. The Morgan fingerprint density at radius 3 is 2.71 bits per heavy atom. The third-order valence-corrected chi connectivity index (χ3v) is 3.07. The van der Waals surface area contributed by atoms with Crippen LogP contribution in [0, 0.1) is 0 Å². The Labute approximate surface area is 125 Å². The van der Waals surface area contributed by atoms with E-state index in [2.05, 4.69) is 15.6 Å². The molecule has 1 aromatic rings. The fourth-order valence-corrected chi connectivity index (χ4v) is 1.92. The second kappa shape index (κ2) is 6.30. The Kier molecular flexibility index (Phi) is 4.67. The molecule has 2 unspecified atom stereocenters. The van der Waals surface area contributed by atoms with E-state index in [1.807, 2.05) is 32.9 Å². The minimum Gasteiger partial charge on any atom is -0.481 e. The van der Waals surface area contributed by atoms with Gasteiger partial charge < -0.3 is 20.1 Å². The number of nitrogens with zero attached hydrogens (tertiary/aromatic N) is 1. The Bertz CT molecular complexity index is 482. The number of carbonyl (C=O) groups excluding carboxylic acids is 1. The molecule has 1 saturated carbocycles. The van der Waals surface area contributed by atoms with E-state index in [9.17, 15) is 4.79 Å². The van der Waals surface area contributed by atoms with E-state index >= 15 is 0 Å². The van der Waals surface area contributed by atoms with Crippen LogP contribution < -0.4 is 15.4 Å².